The molecular formula is C17H17N3O2. The predicted octanol–water partition coefficient (Wildman–Crippen LogP) is 3.14. The third-order valence-corrected chi connectivity index (χ3v) is 4.20. The summed E-state index contributed by atoms with van der Waals surface area (Å²) in [7, 11) is 0. The van der Waals surface area contributed by atoms with Gasteiger partial charge in [-0.3, -0.25) is 4.79 Å². The van der Waals surface area contributed by atoms with Crippen LogP contribution in [0.4, 0.5) is 0 Å². The quantitative estimate of drug-likeness (QED) is 0.853. The van der Waals surface area contributed by atoms with E-state index < -0.39 is 0 Å². The first-order valence-corrected chi connectivity index (χ1v) is 7.35. The molecule has 0 unspecified atom stereocenters. The normalized spacial score (nSPS) is 17.5. The molecule has 1 atom stereocenters. The first kappa shape index (κ1) is 14.3. The number of hydrogen-bond acceptors (Lipinski definition) is 4. The first-order chi connectivity index (χ1) is 10.6. The highest BCUT2D eigenvalue weighted by Crippen LogP contribution is 2.36. The van der Waals surface area contributed by atoms with Crippen molar-refractivity contribution < 1.29 is 9.32 Å². The number of nitriles is 1. The standard InChI is InChI=1S/C17H17N3O2/c1-11-16(12(2)22-19-11)15-4-3-9-20(15)17(21)14-7-5-13(10-18)6-8-14/h5-8,15H,3-4,9H2,1-2H3/t15-/m1/s1. The molecule has 0 bridgehead atoms. The van der Waals surface area contributed by atoms with Crippen molar-refractivity contribution in [3.63, 3.8) is 0 Å². The van der Waals surface area contributed by atoms with Gasteiger partial charge in [0.05, 0.1) is 23.4 Å². The average molecular weight is 295 g/mol. The minimum atomic E-state index is -0.00742. The van der Waals surface area contributed by atoms with Crippen LogP contribution in [0.15, 0.2) is 28.8 Å². The van der Waals surface area contributed by atoms with Crippen LogP contribution in [0.25, 0.3) is 0 Å². The maximum absolute atomic E-state index is 12.8. The van der Waals surface area contributed by atoms with Gasteiger partial charge in [0.25, 0.3) is 5.91 Å². The second-order valence-corrected chi connectivity index (χ2v) is 5.58. The molecule has 1 aliphatic heterocycles. The van der Waals surface area contributed by atoms with E-state index >= 15 is 0 Å². The molecule has 1 saturated heterocycles. The van der Waals surface area contributed by atoms with E-state index in [1.54, 1.807) is 24.3 Å². The molecule has 22 heavy (non-hydrogen) atoms. The van der Waals surface area contributed by atoms with Crippen molar-refractivity contribution in [1.82, 2.24) is 10.1 Å². The van der Waals surface area contributed by atoms with Crippen LogP contribution < -0.4 is 0 Å². The van der Waals surface area contributed by atoms with Crippen LogP contribution in [0, 0.1) is 25.2 Å². The molecule has 2 aromatic rings. The van der Waals surface area contributed by atoms with Gasteiger partial charge in [-0.15, -0.1) is 0 Å². The van der Waals surface area contributed by atoms with Crippen LogP contribution in [-0.4, -0.2) is 22.5 Å². The number of aryl methyl sites for hydroxylation is 2. The van der Waals surface area contributed by atoms with E-state index in [1.165, 1.54) is 0 Å². The van der Waals surface area contributed by atoms with E-state index in [1.807, 2.05) is 18.7 Å². The zero-order valence-corrected chi connectivity index (χ0v) is 12.7. The van der Waals surface area contributed by atoms with Gasteiger partial charge in [0.1, 0.15) is 5.76 Å². The summed E-state index contributed by atoms with van der Waals surface area (Å²) in [6.07, 6.45) is 1.89. The third-order valence-electron chi connectivity index (χ3n) is 4.20. The molecule has 1 aromatic heterocycles. The van der Waals surface area contributed by atoms with E-state index in [0.717, 1.165) is 36.4 Å². The van der Waals surface area contributed by atoms with Gasteiger partial charge in [-0.05, 0) is 51.0 Å². The maximum Gasteiger partial charge on any atom is 0.254 e. The molecule has 0 N–H and O–H groups in total. The Morgan fingerprint density at radius 2 is 2.09 bits per heavy atom. The molecule has 0 radical (unpaired) electrons. The van der Waals surface area contributed by atoms with Gasteiger partial charge in [-0.25, -0.2) is 0 Å². The fourth-order valence-electron chi connectivity index (χ4n) is 3.13. The summed E-state index contributed by atoms with van der Waals surface area (Å²) >= 11 is 0. The summed E-state index contributed by atoms with van der Waals surface area (Å²) in [5.74, 6) is 0.772. The number of carbonyl (C=O) groups excluding carboxylic acids is 1. The van der Waals surface area contributed by atoms with Gasteiger partial charge in [0, 0.05) is 17.7 Å². The molecule has 5 nitrogen and oxygen atoms in total. The number of amides is 1. The minimum Gasteiger partial charge on any atom is -0.361 e. The van der Waals surface area contributed by atoms with Crippen molar-refractivity contribution >= 4 is 5.91 Å². The smallest absolute Gasteiger partial charge is 0.254 e. The summed E-state index contributed by atoms with van der Waals surface area (Å²) in [4.78, 5) is 14.6. The molecule has 1 amide bonds. The summed E-state index contributed by atoms with van der Waals surface area (Å²) in [6, 6.07) is 8.86. The zero-order valence-electron chi connectivity index (χ0n) is 12.7. The predicted molar refractivity (Wildman–Crippen MR) is 80.1 cm³/mol. The van der Waals surface area contributed by atoms with E-state index in [0.29, 0.717) is 11.1 Å². The SMILES string of the molecule is Cc1noc(C)c1[C@H]1CCCN1C(=O)c1ccc(C#N)cc1. The molecule has 3 rings (SSSR count). The lowest BCUT2D eigenvalue weighted by Gasteiger charge is -2.25. The van der Waals surface area contributed by atoms with E-state index in [-0.39, 0.29) is 11.9 Å². The first-order valence-electron chi connectivity index (χ1n) is 7.35. The number of rotatable bonds is 2. The number of likely N-dealkylation sites (tertiary alicyclic amines) is 1. The summed E-state index contributed by atoms with van der Waals surface area (Å²) in [5, 5.41) is 12.8. The number of carbonyl (C=O) groups is 1. The van der Waals surface area contributed by atoms with Crippen LogP contribution >= 0.6 is 0 Å². The van der Waals surface area contributed by atoms with Gasteiger partial charge in [-0.1, -0.05) is 5.16 Å². The number of hydrogen-bond donors (Lipinski definition) is 0. The number of benzene rings is 1. The molecule has 1 aliphatic rings. The Morgan fingerprint density at radius 3 is 2.68 bits per heavy atom. The fourth-order valence-corrected chi connectivity index (χ4v) is 3.13. The average Bonchev–Trinajstić information content (AvgIpc) is 3.13. The zero-order chi connectivity index (χ0) is 15.7. The van der Waals surface area contributed by atoms with Crippen molar-refractivity contribution in [2.45, 2.75) is 32.7 Å². The van der Waals surface area contributed by atoms with Gasteiger partial charge >= 0.3 is 0 Å². The Balaban J connectivity index is 1.89. The minimum absolute atomic E-state index is 0.00742. The molecule has 0 aliphatic carbocycles. The fraction of sp³-hybridized carbons (Fsp3) is 0.353. The lowest BCUT2D eigenvalue weighted by molar-refractivity contribution is 0.0734. The Bertz CT molecular complexity index is 721. The van der Waals surface area contributed by atoms with Crippen molar-refractivity contribution in [3.8, 4) is 6.07 Å². The van der Waals surface area contributed by atoms with Gasteiger partial charge in [0.15, 0.2) is 0 Å². The molecule has 1 fully saturated rings. The summed E-state index contributed by atoms with van der Waals surface area (Å²) in [6.45, 7) is 4.53. The van der Waals surface area contributed by atoms with Crippen LogP contribution in [0.5, 0.6) is 0 Å². The third kappa shape index (κ3) is 2.37. The molecule has 112 valence electrons. The maximum atomic E-state index is 12.8. The lowest BCUT2D eigenvalue weighted by Crippen LogP contribution is -2.31. The topological polar surface area (TPSA) is 70.1 Å². The Morgan fingerprint density at radius 1 is 1.36 bits per heavy atom. The van der Waals surface area contributed by atoms with Crippen molar-refractivity contribution in [1.29, 1.82) is 5.26 Å². The van der Waals surface area contributed by atoms with Gasteiger partial charge < -0.3 is 9.42 Å². The Labute approximate surface area is 129 Å². The second-order valence-electron chi connectivity index (χ2n) is 5.58. The summed E-state index contributed by atoms with van der Waals surface area (Å²) < 4.78 is 5.25. The molecular weight excluding hydrogens is 278 g/mol. The molecule has 0 saturated carbocycles. The highest BCUT2D eigenvalue weighted by molar-refractivity contribution is 5.94. The largest absolute Gasteiger partial charge is 0.361 e. The second kappa shape index (κ2) is 5.64. The highest BCUT2D eigenvalue weighted by Gasteiger charge is 2.34. The van der Waals surface area contributed by atoms with Gasteiger partial charge in [-0.2, -0.15) is 5.26 Å². The molecule has 2 heterocycles. The van der Waals surface area contributed by atoms with Gasteiger partial charge in [0.2, 0.25) is 0 Å². The molecule has 0 spiro atoms. The summed E-state index contributed by atoms with van der Waals surface area (Å²) in [5.41, 5.74) is 3.04. The Hall–Kier alpha value is -2.61. The number of aromatic nitrogens is 1. The Kier molecular flexibility index (Phi) is 3.68. The van der Waals surface area contributed by atoms with Crippen molar-refractivity contribution in [2.75, 3.05) is 6.54 Å². The van der Waals surface area contributed by atoms with Crippen LogP contribution in [-0.2, 0) is 0 Å². The van der Waals surface area contributed by atoms with Crippen molar-refractivity contribution in [2.24, 2.45) is 0 Å². The van der Waals surface area contributed by atoms with Crippen LogP contribution in [0.2, 0.25) is 0 Å². The molecule has 1 aromatic carbocycles. The van der Waals surface area contributed by atoms with Crippen LogP contribution in [0.3, 0.4) is 0 Å². The van der Waals surface area contributed by atoms with E-state index in [9.17, 15) is 4.79 Å². The van der Waals surface area contributed by atoms with Crippen molar-refractivity contribution in [3.05, 3.63) is 52.4 Å². The van der Waals surface area contributed by atoms with E-state index in [2.05, 4.69) is 11.2 Å². The number of nitrogens with zero attached hydrogens (tertiary/aromatic N) is 3. The van der Waals surface area contributed by atoms with E-state index in [4.69, 9.17) is 9.78 Å². The highest BCUT2D eigenvalue weighted by atomic mass is 16.5. The lowest BCUT2D eigenvalue weighted by atomic mass is 10.0. The monoisotopic (exact) mass is 295 g/mol. The van der Waals surface area contributed by atoms with Crippen LogP contribution in [0.1, 0.15) is 51.8 Å². The molecule has 5 heteroatoms.